The molecule has 22 heavy (non-hydrogen) atoms. The van der Waals surface area contributed by atoms with Crippen molar-refractivity contribution in [2.24, 2.45) is 0 Å². The first kappa shape index (κ1) is 14.6. The Morgan fingerprint density at radius 3 is 2.23 bits per heavy atom. The first-order valence-electron chi connectivity index (χ1n) is 7.43. The molecule has 2 aromatic carbocycles. The minimum Gasteiger partial charge on any atom is -0.376 e. The van der Waals surface area contributed by atoms with Gasteiger partial charge in [0.25, 0.3) is 0 Å². The second-order valence-electron chi connectivity index (χ2n) is 5.68. The molecule has 0 unspecified atom stereocenters. The molecule has 4 heteroatoms. The van der Waals surface area contributed by atoms with Crippen LogP contribution in [0.15, 0.2) is 54.6 Å². The number of hydrogen-bond donors (Lipinski definition) is 2. The third-order valence-corrected chi connectivity index (χ3v) is 4.18. The Hall–Kier alpha value is -2.33. The molecule has 0 saturated carbocycles. The zero-order valence-corrected chi connectivity index (χ0v) is 12.6. The molecule has 3 rings (SSSR count). The van der Waals surface area contributed by atoms with Crippen LogP contribution in [-0.4, -0.2) is 25.3 Å². The van der Waals surface area contributed by atoms with Gasteiger partial charge in [0.2, 0.25) is 0 Å². The van der Waals surface area contributed by atoms with Crippen LogP contribution in [-0.2, 0) is 17.6 Å². The van der Waals surface area contributed by atoms with Gasteiger partial charge >= 0.3 is 6.03 Å². The lowest BCUT2D eigenvalue weighted by atomic mass is 10.0. The highest BCUT2D eigenvalue weighted by Gasteiger charge is 2.37. The predicted molar refractivity (Wildman–Crippen MR) is 87.1 cm³/mol. The van der Waals surface area contributed by atoms with Crippen molar-refractivity contribution in [2.45, 2.75) is 18.4 Å². The summed E-state index contributed by atoms with van der Waals surface area (Å²) < 4.78 is 5.74. The fourth-order valence-electron chi connectivity index (χ4n) is 2.94. The van der Waals surface area contributed by atoms with Gasteiger partial charge in [0, 0.05) is 32.2 Å². The normalized spacial score (nSPS) is 15.1. The van der Waals surface area contributed by atoms with Crippen molar-refractivity contribution in [2.75, 3.05) is 19.0 Å². The van der Waals surface area contributed by atoms with Crippen LogP contribution in [0.25, 0.3) is 0 Å². The number of ether oxygens (including phenoxy) is 1. The van der Waals surface area contributed by atoms with Crippen molar-refractivity contribution in [1.82, 2.24) is 5.32 Å². The lowest BCUT2D eigenvalue weighted by Gasteiger charge is -2.27. The largest absolute Gasteiger partial charge is 0.376 e. The number of methoxy groups -OCH3 is 1. The number of rotatable bonds is 4. The molecule has 0 bridgehead atoms. The number of urea groups is 1. The number of fused-ring (bicyclic) bond motifs is 1. The third-order valence-electron chi connectivity index (χ3n) is 4.18. The van der Waals surface area contributed by atoms with E-state index in [9.17, 15) is 4.79 Å². The van der Waals surface area contributed by atoms with Crippen molar-refractivity contribution in [3.63, 3.8) is 0 Å². The molecule has 2 N–H and O–H groups in total. The van der Waals surface area contributed by atoms with Crippen LogP contribution in [0.1, 0.15) is 11.1 Å². The molecule has 1 aliphatic carbocycles. The molecule has 0 saturated heterocycles. The molecule has 4 nitrogen and oxygen atoms in total. The first-order valence-corrected chi connectivity index (χ1v) is 7.43. The van der Waals surface area contributed by atoms with Crippen molar-refractivity contribution in [3.8, 4) is 0 Å². The SMILES string of the molecule is COC1(CNC(=O)Nc2ccccc2)Cc2ccccc2C1. The Labute approximate surface area is 130 Å². The Morgan fingerprint density at radius 1 is 1.05 bits per heavy atom. The van der Waals surface area contributed by atoms with Gasteiger partial charge in [-0.15, -0.1) is 0 Å². The van der Waals surface area contributed by atoms with Gasteiger partial charge in [-0.1, -0.05) is 42.5 Å². The summed E-state index contributed by atoms with van der Waals surface area (Å²) in [6, 6.07) is 17.5. The van der Waals surface area contributed by atoms with E-state index in [1.54, 1.807) is 7.11 Å². The summed E-state index contributed by atoms with van der Waals surface area (Å²) in [6.07, 6.45) is 1.65. The summed E-state index contributed by atoms with van der Waals surface area (Å²) >= 11 is 0. The fraction of sp³-hybridized carbons (Fsp3) is 0.278. The summed E-state index contributed by atoms with van der Waals surface area (Å²) in [5.41, 5.74) is 3.03. The molecule has 0 radical (unpaired) electrons. The standard InChI is InChI=1S/C18H20N2O2/c1-22-18(11-14-7-5-6-8-15(14)12-18)13-19-17(21)20-16-9-3-2-4-10-16/h2-10H,11-13H2,1H3,(H2,19,20,21). The van der Waals surface area contributed by atoms with Gasteiger partial charge < -0.3 is 15.4 Å². The molecule has 0 aromatic heterocycles. The van der Waals surface area contributed by atoms with Crippen LogP contribution in [0.2, 0.25) is 0 Å². The summed E-state index contributed by atoms with van der Waals surface area (Å²) in [4.78, 5) is 12.0. The Balaban J connectivity index is 1.59. The van der Waals surface area contributed by atoms with E-state index in [2.05, 4.69) is 22.8 Å². The minimum atomic E-state index is -0.349. The highest BCUT2D eigenvalue weighted by Crippen LogP contribution is 2.32. The van der Waals surface area contributed by atoms with Crippen molar-refractivity contribution >= 4 is 11.7 Å². The molecule has 0 atom stereocenters. The van der Waals surface area contributed by atoms with Crippen LogP contribution in [0, 0.1) is 0 Å². The molecule has 2 amide bonds. The molecular weight excluding hydrogens is 276 g/mol. The Kier molecular flexibility index (Phi) is 4.11. The van der Waals surface area contributed by atoms with E-state index in [1.807, 2.05) is 42.5 Å². The van der Waals surface area contributed by atoms with Crippen LogP contribution < -0.4 is 10.6 Å². The maximum absolute atomic E-state index is 12.0. The number of amides is 2. The average Bonchev–Trinajstić information content (AvgIpc) is 2.93. The lowest BCUT2D eigenvalue weighted by molar-refractivity contribution is 0.00208. The van der Waals surface area contributed by atoms with E-state index < -0.39 is 0 Å². The average molecular weight is 296 g/mol. The lowest BCUT2D eigenvalue weighted by Crippen LogP contribution is -2.46. The van der Waals surface area contributed by atoms with Gasteiger partial charge in [-0.05, 0) is 23.3 Å². The maximum Gasteiger partial charge on any atom is 0.319 e. The number of hydrogen-bond acceptors (Lipinski definition) is 2. The Morgan fingerprint density at radius 2 is 1.64 bits per heavy atom. The molecule has 2 aromatic rings. The fourth-order valence-corrected chi connectivity index (χ4v) is 2.94. The zero-order valence-electron chi connectivity index (χ0n) is 12.6. The second kappa shape index (κ2) is 6.20. The summed E-state index contributed by atoms with van der Waals surface area (Å²) in [7, 11) is 1.71. The molecule has 1 aliphatic rings. The molecular formula is C18H20N2O2. The van der Waals surface area contributed by atoms with E-state index in [-0.39, 0.29) is 11.6 Å². The van der Waals surface area contributed by atoms with E-state index in [0.29, 0.717) is 6.54 Å². The number of nitrogens with one attached hydrogen (secondary N) is 2. The number of anilines is 1. The smallest absolute Gasteiger partial charge is 0.319 e. The number of benzene rings is 2. The van der Waals surface area contributed by atoms with Gasteiger partial charge in [-0.25, -0.2) is 4.79 Å². The van der Waals surface area contributed by atoms with E-state index in [1.165, 1.54) is 11.1 Å². The summed E-state index contributed by atoms with van der Waals surface area (Å²) in [6.45, 7) is 0.483. The van der Waals surface area contributed by atoms with Gasteiger partial charge in [0.05, 0.1) is 5.60 Å². The van der Waals surface area contributed by atoms with E-state index in [4.69, 9.17) is 4.74 Å². The van der Waals surface area contributed by atoms with Gasteiger partial charge in [-0.3, -0.25) is 0 Å². The molecule has 0 fully saturated rings. The van der Waals surface area contributed by atoms with Crippen LogP contribution in [0.3, 0.4) is 0 Å². The molecule has 0 spiro atoms. The Bertz CT molecular complexity index is 630. The van der Waals surface area contributed by atoms with Crippen LogP contribution in [0.4, 0.5) is 10.5 Å². The third kappa shape index (κ3) is 3.12. The number of carbonyl (C=O) groups excluding carboxylic acids is 1. The van der Waals surface area contributed by atoms with Crippen molar-refractivity contribution < 1.29 is 9.53 Å². The number of carbonyl (C=O) groups is 1. The summed E-state index contributed by atoms with van der Waals surface area (Å²) in [5, 5.41) is 5.75. The van der Waals surface area contributed by atoms with Gasteiger partial charge in [0.1, 0.15) is 0 Å². The van der Waals surface area contributed by atoms with Crippen molar-refractivity contribution in [3.05, 3.63) is 65.7 Å². The van der Waals surface area contributed by atoms with Crippen LogP contribution in [0.5, 0.6) is 0 Å². The zero-order chi connectivity index (χ0) is 15.4. The number of para-hydroxylation sites is 1. The van der Waals surface area contributed by atoms with Gasteiger partial charge in [-0.2, -0.15) is 0 Å². The van der Waals surface area contributed by atoms with E-state index >= 15 is 0 Å². The highest BCUT2D eigenvalue weighted by molar-refractivity contribution is 5.89. The molecule has 0 aliphatic heterocycles. The maximum atomic E-state index is 12.0. The van der Waals surface area contributed by atoms with Crippen molar-refractivity contribution in [1.29, 1.82) is 0 Å². The van der Waals surface area contributed by atoms with Gasteiger partial charge in [0.15, 0.2) is 0 Å². The molecule has 114 valence electrons. The summed E-state index contributed by atoms with van der Waals surface area (Å²) in [5.74, 6) is 0. The predicted octanol–water partition coefficient (Wildman–Crippen LogP) is 2.99. The highest BCUT2D eigenvalue weighted by atomic mass is 16.5. The molecule has 0 heterocycles. The van der Waals surface area contributed by atoms with Crippen LogP contribution >= 0.6 is 0 Å². The first-order chi connectivity index (χ1) is 10.7. The van der Waals surface area contributed by atoms with E-state index in [0.717, 1.165) is 18.5 Å². The minimum absolute atomic E-state index is 0.210. The monoisotopic (exact) mass is 296 g/mol. The topological polar surface area (TPSA) is 50.4 Å². The quantitative estimate of drug-likeness (QED) is 0.911. The second-order valence-corrected chi connectivity index (χ2v) is 5.68.